The summed E-state index contributed by atoms with van der Waals surface area (Å²) in [4.78, 5) is 23.1. The highest BCUT2D eigenvalue weighted by atomic mass is 16.2. The first-order chi connectivity index (χ1) is 8.97. The van der Waals surface area contributed by atoms with Crippen molar-refractivity contribution in [1.29, 1.82) is 0 Å². The second-order valence-corrected chi connectivity index (χ2v) is 5.18. The molecule has 1 aromatic carbocycles. The van der Waals surface area contributed by atoms with Crippen LogP contribution in [-0.4, -0.2) is 17.9 Å². The standard InChI is InChI=1S/C14H19N3O2/c1-8(2)13(15)14(19)16-10-4-5-11-9(7-10)3-6-12(18)17-11/h4-5,7-8,13H,3,6,15H2,1-2H3,(H,16,19)(H,17,18)/t13-/m0/s1. The SMILES string of the molecule is CC(C)[C@H](N)C(=O)Nc1ccc2c(c1)CCC(=O)N2. The summed E-state index contributed by atoms with van der Waals surface area (Å²) in [6, 6.07) is 4.95. The zero-order valence-electron chi connectivity index (χ0n) is 11.2. The lowest BCUT2D eigenvalue weighted by atomic mass is 10.0. The van der Waals surface area contributed by atoms with Gasteiger partial charge in [0.05, 0.1) is 6.04 Å². The Labute approximate surface area is 112 Å². The van der Waals surface area contributed by atoms with E-state index in [1.54, 1.807) is 6.07 Å². The quantitative estimate of drug-likeness (QED) is 0.770. The summed E-state index contributed by atoms with van der Waals surface area (Å²) in [6.07, 6.45) is 1.18. The summed E-state index contributed by atoms with van der Waals surface area (Å²) in [5.74, 6) is -0.0576. The van der Waals surface area contributed by atoms with E-state index in [2.05, 4.69) is 10.6 Å². The van der Waals surface area contributed by atoms with Crippen LogP contribution in [0.3, 0.4) is 0 Å². The van der Waals surface area contributed by atoms with Crippen molar-refractivity contribution in [2.75, 3.05) is 10.6 Å². The van der Waals surface area contributed by atoms with Crippen LogP contribution in [0.2, 0.25) is 0 Å². The summed E-state index contributed by atoms with van der Waals surface area (Å²) in [6.45, 7) is 3.82. The van der Waals surface area contributed by atoms with Gasteiger partial charge in [0.1, 0.15) is 0 Å². The number of nitrogens with two attached hydrogens (primary N) is 1. The van der Waals surface area contributed by atoms with E-state index < -0.39 is 6.04 Å². The van der Waals surface area contributed by atoms with E-state index in [9.17, 15) is 9.59 Å². The molecule has 0 fully saturated rings. The van der Waals surface area contributed by atoms with Gasteiger partial charge >= 0.3 is 0 Å². The first-order valence-electron chi connectivity index (χ1n) is 6.46. The number of aryl methyl sites for hydroxylation is 1. The van der Waals surface area contributed by atoms with Crippen molar-refractivity contribution in [3.63, 3.8) is 0 Å². The Balaban J connectivity index is 2.10. The number of hydrogen-bond acceptors (Lipinski definition) is 3. The largest absolute Gasteiger partial charge is 0.326 e. The van der Waals surface area contributed by atoms with Crippen LogP contribution in [0.4, 0.5) is 11.4 Å². The molecule has 0 aromatic heterocycles. The number of fused-ring (bicyclic) bond motifs is 1. The predicted octanol–water partition coefficient (Wildman–Crippen LogP) is 1.49. The van der Waals surface area contributed by atoms with Crippen LogP contribution in [0.15, 0.2) is 18.2 Å². The third kappa shape index (κ3) is 3.12. The molecule has 1 aliphatic heterocycles. The van der Waals surface area contributed by atoms with Crippen LogP contribution in [0.25, 0.3) is 0 Å². The van der Waals surface area contributed by atoms with Crippen molar-refractivity contribution in [1.82, 2.24) is 0 Å². The molecule has 0 aliphatic carbocycles. The summed E-state index contributed by atoms with van der Waals surface area (Å²) >= 11 is 0. The molecule has 5 nitrogen and oxygen atoms in total. The summed E-state index contributed by atoms with van der Waals surface area (Å²) in [5, 5.41) is 5.61. The highest BCUT2D eigenvalue weighted by Gasteiger charge is 2.19. The fraction of sp³-hybridized carbons (Fsp3) is 0.429. The Kier molecular flexibility index (Phi) is 3.85. The number of hydrogen-bond donors (Lipinski definition) is 3. The molecule has 0 unspecified atom stereocenters. The minimum atomic E-state index is -0.518. The molecule has 0 bridgehead atoms. The predicted molar refractivity (Wildman–Crippen MR) is 74.8 cm³/mol. The molecule has 1 aliphatic rings. The van der Waals surface area contributed by atoms with Gasteiger partial charge in [0.2, 0.25) is 11.8 Å². The smallest absolute Gasteiger partial charge is 0.241 e. The maximum Gasteiger partial charge on any atom is 0.241 e. The van der Waals surface area contributed by atoms with Gasteiger partial charge in [-0.05, 0) is 36.1 Å². The minimum Gasteiger partial charge on any atom is -0.326 e. The molecular formula is C14H19N3O2. The summed E-state index contributed by atoms with van der Waals surface area (Å²) in [5.41, 5.74) is 8.37. The molecule has 5 heteroatoms. The Morgan fingerprint density at radius 1 is 1.37 bits per heavy atom. The van der Waals surface area contributed by atoms with Gasteiger partial charge in [-0.2, -0.15) is 0 Å². The first-order valence-corrected chi connectivity index (χ1v) is 6.46. The van der Waals surface area contributed by atoms with Gasteiger partial charge in [0, 0.05) is 17.8 Å². The number of rotatable bonds is 3. The topological polar surface area (TPSA) is 84.2 Å². The Hall–Kier alpha value is -1.88. The van der Waals surface area contributed by atoms with Crippen molar-refractivity contribution in [3.05, 3.63) is 23.8 Å². The van der Waals surface area contributed by atoms with Crippen LogP contribution >= 0.6 is 0 Å². The van der Waals surface area contributed by atoms with E-state index >= 15 is 0 Å². The van der Waals surface area contributed by atoms with Gasteiger partial charge < -0.3 is 16.4 Å². The second-order valence-electron chi connectivity index (χ2n) is 5.18. The molecule has 102 valence electrons. The second kappa shape index (κ2) is 5.40. The first kappa shape index (κ1) is 13.5. The third-order valence-electron chi connectivity index (χ3n) is 3.29. The number of carbonyl (C=O) groups is 2. The zero-order chi connectivity index (χ0) is 14.0. The molecule has 1 heterocycles. The molecule has 1 aromatic rings. The lowest BCUT2D eigenvalue weighted by Gasteiger charge is -2.19. The number of amides is 2. The van der Waals surface area contributed by atoms with Crippen LogP contribution in [0.5, 0.6) is 0 Å². The highest BCUT2D eigenvalue weighted by molar-refractivity contribution is 5.97. The molecule has 0 saturated carbocycles. The van der Waals surface area contributed by atoms with Gasteiger partial charge in [-0.25, -0.2) is 0 Å². The van der Waals surface area contributed by atoms with Crippen LogP contribution in [-0.2, 0) is 16.0 Å². The number of carbonyl (C=O) groups excluding carboxylic acids is 2. The molecule has 2 amide bonds. The van der Waals surface area contributed by atoms with E-state index in [1.807, 2.05) is 26.0 Å². The zero-order valence-corrected chi connectivity index (χ0v) is 11.2. The molecule has 0 radical (unpaired) electrons. The maximum absolute atomic E-state index is 11.9. The van der Waals surface area contributed by atoms with Gasteiger partial charge in [0.15, 0.2) is 0 Å². The average Bonchev–Trinajstić information content (AvgIpc) is 2.37. The molecule has 0 saturated heterocycles. The van der Waals surface area contributed by atoms with E-state index in [0.717, 1.165) is 16.9 Å². The minimum absolute atomic E-state index is 0.0334. The fourth-order valence-electron chi connectivity index (χ4n) is 1.99. The molecule has 1 atom stereocenters. The lowest BCUT2D eigenvalue weighted by molar-refractivity contribution is -0.118. The average molecular weight is 261 g/mol. The number of benzene rings is 1. The van der Waals surface area contributed by atoms with Crippen molar-refractivity contribution in [3.8, 4) is 0 Å². The Morgan fingerprint density at radius 2 is 2.11 bits per heavy atom. The fourth-order valence-corrected chi connectivity index (χ4v) is 1.99. The van der Waals surface area contributed by atoms with Crippen LogP contribution in [0.1, 0.15) is 25.8 Å². The van der Waals surface area contributed by atoms with Crippen molar-refractivity contribution < 1.29 is 9.59 Å². The van der Waals surface area contributed by atoms with Gasteiger partial charge in [-0.1, -0.05) is 13.8 Å². The van der Waals surface area contributed by atoms with Crippen LogP contribution < -0.4 is 16.4 Å². The van der Waals surface area contributed by atoms with Crippen molar-refractivity contribution in [2.24, 2.45) is 11.7 Å². The Bertz CT molecular complexity index is 511. The Morgan fingerprint density at radius 3 is 2.79 bits per heavy atom. The molecule has 19 heavy (non-hydrogen) atoms. The number of anilines is 2. The van der Waals surface area contributed by atoms with E-state index in [1.165, 1.54) is 0 Å². The van der Waals surface area contributed by atoms with Crippen LogP contribution in [0, 0.1) is 5.92 Å². The maximum atomic E-state index is 11.9. The molecule has 0 spiro atoms. The van der Waals surface area contributed by atoms with E-state index in [-0.39, 0.29) is 17.7 Å². The molecular weight excluding hydrogens is 242 g/mol. The lowest BCUT2D eigenvalue weighted by Crippen LogP contribution is -2.39. The molecule has 2 rings (SSSR count). The van der Waals surface area contributed by atoms with Gasteiger partial charge in [-0.3, -0.25) is 9.59 Å². The number of nitrogens with one attached hydrogen (secondary N) is 2. The van der Waals surface area contributed by atoms with E-state index in [0.29, 0.717) is 12.8 Å². The monoisotopic (exact) mass is 261 g/mol. The summed E-state index contributed by atoms with van der Waals surface area (Å²) < 4.78 is 0. The normalized spacial score (nSPS) is 15.7. The van der Waals surface area contributed by atoms with E-state index in [4.69, 9.17) is 5.73 Å². The van der Waals surface area contributed by atoms with Gasteiger partial charge in [-0.15, -0.1) is 0 Å². The summed E-state index contributed by atoms with van der Waals surface area (Å²) in [7, 11) is 0. The molecule has 4 N–H and O–H groups in total. The van der Waals surface area contributed by atoms with Gasteiger partial charge in [0.25, 0.3) is 0 Å². The highest BCUT2D eigenvalue weighted by Crippen LogP contribution is 2.25. The van der Waals surface area contributed by atoms with Crippen molar-refractivity contribution >= 4 is 23.2 Å². The van der Waals surface area contributed by atoms with Crippen molar-refractivity contribution in [2.45, 2.75) is 32.7 Å². The third-order valence-corrected chi connectivity index (χ3v) is 3.29.